The minimum atomic E-state index is -0.251. The van der Waals surface area contributed by atoms with Crippen LogP contribution in [0, 0.1) is 18.7 Å². The number of halogens is 1. The van der Waals surface area contributed by atoms with E-state index in [0.717, 1.165) is 17.0 Å². The number of amidine groups is 1. The fourth-order valence-corrected chi connectivity index (χ4v) is 4.17. The third-order valence-electron chi connectivity index (χ3n) is 4.77. The van der Waals surface area contributed by atoms with Crippen LogP contribution in [0.5, 0.6) is 0 Å². The number of aromatic nitrogens is 2. The average molecular weight is 499 g/mol. The van der Waals surface area contributed by atoms with Crippen LogP contribution in [-0.2, 0) is 4.74 Å². The van der Waals surface area contributed by atoms with Crippen LogP contribution >= 0.6 is 24.8 Å². The van der Waals surface area contributed by atoms with Crippen molar-refractivity contribution < 1.29 is 9.13 Å². The van der Waals surface area contributed by atoms with Gasteiger partial charge in [-0.1, -0.05) is 25.0 Å². The quantitative estimate of drug-likeness (QED) is 0.135. The first-order chi connectivity index (χ1) is 16.4. The van der Waals surface area contributed by atoms with Crippen molar-refractivity contribution in [1.82, 2.24) is 14.3 Å². The summed E-state index contributed by atoms with van der Waals surface area (Å²) >= 11 is 5.63. The fourth-order valence-electron chi connectivity index (χ4n) is 3.16. The highest BCUT2D eigenvalue weighted by Crippen LogP contribution is 2.39. The molecule has 0 bridgehead atoms. The fraction of sp³-hybridized carbons (Fsp3) is 0.208. The largest absolute Gasteiger partial charge is 0.493 e. The van der Waals surface area contributed by atoms with Gasteiger partial charge in [-0.3, -0.25) is 4.99 Å². The Kier molecular flexibility index (Phi) is 9.17. The summed E-state index contributed by atoms with van der Waals surface area (Å²) in [6.07, 6.45) is 14.0. The van der Waals surface area contributed by atoms with Crippen LogP contribution in [0.3, 0.4) is 0 Å². The van der Waals surface area contributed by atoms with Crippen molar-refractivity contribution in [3.05, 3.63) is 88.8 Å². The van der Waals surface area contributed by atoms with Crippen LogP contribution in [0.15, 0.2) is 86.7 Å². The normalized spacial score (nSPS) is 17.6. The highest BCUT2D eigenvalue weighted by atomic mass is 32.2. The second-order valence-corrected chi connectivity index (χ2v) is 8.30. The Bertz CT molecular complexity index is 1160. The molecule has 1 aliphatic carbocycles. The molecule has 1 aromatic carbocycles. The number of anilines is 1. The Morgan fingerprint density at radius 3 is 2.71 bits per heavy atom. The molecule has 0 saturated carbocycles. The van der Waals surface area contributed by atoms with E-state index in [9.17, 15) is 4.39 Å². The van der Waals surface area contributed by atoms with Crippen molar-refractivity contribution >= 4 is 48.2 Å². The first-order valence-corrected chi connectivity index (χ1v) is 11.7. The van der Waals surface area contributed by atoms with Gasteiger partial charge in [-0.15, -0.1) is 0 Å². The molecule has 2 aromatic rings. The molecule has 1 unspecified atom stereocenters. The number of nitrogens with two attached hydrogens (primary N) is 1. The van der Waals surface area contributed by atoms with Gasteiger partial charge in [0.25, 0.3) is 0 Å². The first-order valence-electron chi connectivity index (χ1n) is 10.5. The van der Waals surface area contributed by atoms with E-state index >= 15 is 0 Å². The van der Waals surface area contributed by atoms with Crippen molar-refractivity contribution in [3.8, 4) is 0 Å². The van der Waals surface area contributed by atoms with E-state index in [2.05, 4.69) is 50.1 Å². The summed E-state index contributed by atoms with van der Waals surface area (Å²) in [4.78, 5) is 9.88. The highest BCUT2D eigenvalue weighted by Gasteiger charge is 2.23. The molecule has 3 N–H and O–H groups in total. The van der Waals surface area contributed by atoms with E-state index < -0.39 is 0 Å². The van der Waals surface area contributed by atoms with Crippen molar-refractivity contribution in [2.75, 3.05) is 19.4 Å². The molecule has 34 heavy (non-hydrogen) atoms. The van der Waals surface area contributed by atoms with Crippen molar-refractivity contribution in [1.29, 1.82) is 0 Å². The lowest BCUT2D eigenvalue weighted by atomic mass is 10.1. The number of aliphatic imine (C=N–C) groups is 1. The van der Waals surface area contributed by atoms with Gasteiger partial charge in [0.2, 0.25) is 0 Å². The summed E-state index contributed by atoms with van der Waals surface area (Å²) in [6.45, 7) is 4.58. The summed E-state index contributed by atoms with van der Waals surface area (Å²) in [5.41, 5.74) is 8.91. The molecule has 0 spiro atoms. The van der Waals surface area contributed by atoms with Crippen molar-refractivity contribution in [2.45, 2.75) is 13.8 Å². The number of methoxy groups -OCH3 is 1. The van der Waals surface area contributed by atoms with Gasteiger partial charge in [0.1, 0.15) is 5.82 Å². The molecule has 178 valence electrons. The van der Waals surface area contributed by atoms with Gasteiger partial charge in [0.15, 0.2) is 11.6 Å². The number of hydrogen-bond acceptors (Lipinski definition) is 7. The lowest BCUT2D eigenvalue weighted by Crippen LogP contribution is -2.18. The van der Waals surface area contributed by atoms with E-state index in [1.165, 1.54) is 41.1 Å². The van der Waals surface area contributed by atoms with Crippen molar-refractivity contribution in [3.63, 3.8) is 0 Å². The number of thiol groups is 1. The standard InChI is InChI=1S/C18H21N5OS2.C6H6FN/c1-4-19-18(22-25)16(24-3)8-13-5-6-15(23-10-12(2)20-11-23)17-14(7-13)9-21-26-17;7-5-1-3-6(8)4-2-5/h5-11,14,25H,4H2,1-3H3,(H,19,22);1-4H,8H2/b16-8-;. The van der Waals surface area contributed by atoms with Crippen LogP contribution < -0.4 is 10.5 Å². The number of hydrogen-bond donors (Lipinski definition) is 3. The Balaban J connectivity index is 0.000000343. The van der Waals surface area contributed by atoms with E-state index in [1.807, 2.05) is 43.2 Å². The number of ether oxygens (including phenoxy) is 1. The Morgan fingerprint density at radius 2 is 2.12 bits per heavy atom. The first kappa shape index (κ1) is 25.4. The summed E-state index contributed by atoms with van der Waals surface area (Å²) in [7, 11) is 1.62. The molecule has 7 nitrogen and oxygen atoms in total. The minimum Gasteiger partial charge on any atom is -0.493 e. The zero-order chi connectivity index (χ0) is 24.5. The summed E-state index contributed by atoms with van der Waals surface area (Å²) in [6, 6.07) is 5.70. The third kappa shape index (κ3) is 6.64. The highest BCUT2D eigenvalue weighted by molar-refractivity contribution is 8.02. The van der Waals surface area contributed by atoms with Crippen LogP contribution in [0.1, 0.15) is 12.6 Å². The molecule has 4 rings (SSSR count). The van der Waals surface area contributed by atoms with Crippen LogP contribution in [0.25, 0.3) is 5.70 Å². The van der Waals surface area contributed by atoms with Crippen LogP contribution in [-0.4, -0.2) is 35.3 Å². The lowest BCUT2D eigenvalue weighted by Gasteiger charge is -2.10. The molecule has 1 atom stereocenters. The Morgan fingerprint density at radius 1 is 1.35 bits per heavy atom. The van der Waals surface area contributed by atoms with E-state index in [1.54, 1.807) is 7.11 Å². The van der Waals surface area contributed by atoms with Crippen LogP contribution in [0.2, 0.25) is 0 Å². The van der Waals surface area contributed by atoms with Gasteiger partial charge >= 0.3 is 0 Å². The number of nitrogen functional groups attached to an aromatic ring is 1. The summed E-state index contributed by atoms with van der Waals surface area (Å²) < 4.78 is 26.7. The second kappa shape index (κ2) is 12.3. The zero-order valence-corrected chi connectivity index (χ0v) is 20.9. The number of imidazole rings is 1. The van der Waals surface area contributed by atoms with Gasteiger partial charge < -0.3 is 19.8 Å². The van der Waals surface area contributed by atoms with Gasteiger partial charge in [-0.05, 0) is 55.8 Å². The molecule has 2 aliphatic rings. The van der Waals surface area contributed by atoms with E-state index in [4.69, 9.17) is 10.5 Å². The SMILES string of the molecule is CCN=C(NS)/C(=C/C1=CC2C=NSC2=C(n2cnc(C)c2)C=C1)OC.Nc1ccc(F)cc1. The number of nitrogens with zero attached hydrogens (tertiary/aromatic N) is 4. The predicted octanol–water partition coefficient (Wildman–Crippen LogP) is 5.00. The maximum absolute atomic E-state index is 12.0. The van der Waals surface area contributed by atoms with Gasteiger partial charge in [-0.2, -0.15) is 0 Å². The number of aryl methyl sites for hydroxylation is 1. The maximum Gasteiger partial charge on any atom is 0.174 e. The average Bonchev–Trinajstić information content (AvgIpc) is 3.44. The van der Waals surface area contributed by atoms with Gasteiger partial charge in [0, 0.05) is 47.4 Å². The Hall–Kier alpha value is -3.24. The molecular weight excluding hydrogens is 471 g/mol. The van der Waals surface area contributed by atoms with Gasteiger partial charge in [-0.25, -0.2) is 13.8 Å². The molecule has 1 aromatic heterocycles. The summed E-state index contributed by atoms with van der Waals surface area (Å²) in [5.74, 6) is 1.10. The van der Waals surface area contributed by atoms with Crippen molar-refractivity contribution in [2.24, 2.45) is 15.3 Å². The number of nitrogens with one attached hydrogen (secondary N) is 1. The third-order valence-corrected chi connectivity index (χ3v) is 5.88. The number of rotatable bonds is 5. The molecular formula is C24H27FN6OS2. The van der Waals surface area contributed by atoms with E-state index in [-0.39, 0.29) is 11.7 Å². The smallest absolute Gasteiger partial charge is 0.174 e. The molecule has 0 fully saturated rings. The van der Waals surface area contributed by atoms with Gasteiger partial charge in [0.05, 0.1) is 24.8 Å². The zero-order valence-electron chi connectivity index (χ0n) is 19.1. The molecule has 2 heterocycles. The monoisotopic (exact) mass is 498 g/mol. The second-order valence-electron chi connectivity index (χ2n) is 7.24. The number of fused-ring (bicyclic) bond motifs is 1. The molecule has 10 heteroatoms. The number of allylic oxidation sites excluding steroid dienone is 7. The Labute approximate surface area is 208 Å². The molecule has 1 aliphatic heterocycles. The molecule has 0 saturated heterocycles. The summed E-state index contributed by atoms with van der Waals surface area (Å²) in [5, 5.41) is 0. The molecule has 0 radical (unpaired) electrons. The van der Waals surface area contributed by atoms with E-state index in [0.29, 0.717) is 23.8 Å². The predicted molar refractivity (Wildman–Crippen MR) is 143 cm³/mol. The maximum atomic E-state index is 12.0. The number of benzene rings is 1. The molecule has 0 amide bonds. The lowest BCUT2D eigenvalue weighted by molar-refractivity contribution is 0.313. The topological polar surface area (TPSA) is 89.8 Å². The van der Waals surface area contributed by atoms with Crippen LogP contribution in [0.4, 0.5) is 10.1 Å². The minimum absolute atomic E-state index is 0.118.